The molecule has 2 aromatic carbocycles. The minimum atomic E-state index is -1.05. The lowest BCUT2D eigenvalue weighted by Crippen LogP contribution is -2.56. The van der Waals surface area contributed by atoms with Gasteiger partial charge in [-0.05, 0) is 101 Å². The first kappa shape index (κ1) is 44.1. The zero-order valence-electron chi connectivity index (χ0n) is 35.5. The highest BCUT2D eigenvalue weighted by atomic mass is 16.6. The van der Waals surface area contributed by atoms with Gasteiger partial charge in [-0.15, -0.1) is 0 Å². The molecular weight excluding hydrogens is 778 g/mol. The van der Waals surface area contributed by atoms with Crippen molar-refractivity contribution in [3.05, 3.63) is 52.6 Å². The van der Waals surface area contributed by atoms with Crippen LogP contribution < -0.4 is 10.1 Å². The summed E-state index contributed by atoms with van der Waals surface area (Å²) < 4.78 is 32.9. The molecule has 324 valence electrons. The zero-order chi connectivity index (χ0) is 43.6. The van der Waals surface area contributed by atoms with Gasteiger partial charge in [0.15, 0.2) is 18.5 Å². The number of carbonyl (C=O) groups excluding carboxylic acids is 7. The molecule has 2 unspecified atom stereocenters. The number of amides is 3. The summed E-state index contributed by atoms with van der Waals surface area (Å²) in [6.45, 7) is 10.8. The molecule has 0 saturated carbocycles. The SMILES string of the molecule is COC[C@@H]1C[C@H](C(=O)OCC(=O)c2ccc3c(c2)COc2cc4c(cc2-3)CC[C@H](OC(=O)C2CC[C@H](C)N2C(=O)C(NC(=O)OC)C(C)C)C4=O)N(C(=O)OC(C)(C)C)C1. The highest BCUT2D eigenvalue weighted by molar-refractivity contribution is 6.04. The number of ketones is 2. The van der Waals surface area contributed by atoms with E-state index >= 15 is 0 Å². The predicted octanol–water partition coefficient (Wildman–Crippen LogP) is 5.04. The molecule has 1 aliphatic carbocycles. The summed E-state index contributed by atoms with van der Waals surface area (Å²) in [6.07, 6.45) is -0.538. The lowest BCUT2D eigenvalue weighted by Gasteiger charge is -2.33. The van der Waals surface area contributed by atoms with Crippen LogP contribution in [-0.4, -0.2) is 121 Å². The minimum absolute atomic E-state index is 0.0968. The number of benzene rings is 2. The number of Topliss-reactive ketones (excluding diaryl/α,β-unsaturated/α-hetero) is 2. The van der Waals surface area contributed by atoms with Gasteiger partial charge in [-0.1, -0.05) is 26.0 Å². The van der Waals surface area contributed by atoms with Crippen molar-refractivity contribution >= 4 is 41.6 Å². The molecule has 1 N–H and O–H groups in total. The summed E-state index contributed by atoms with van der Waals surface area (Å²) in [5.74, 6) is -2.50. The Bertz CT molecular complexity index is 2040. The van der Waals surface area contributed by atoms with Gasteiger partial charge >= 0.3 is 24.1 Å². The molecule has 6 atom stereocenters. The number of carbonyl (C=O) groups is 7. The second-order valence-electron chi connectivity index (χ2n) is 17.3. The lowest BCUT2D eigenvalue weighted by atomic mass is 9.84. The average molecular weight is 834 g/mol. The number of nitrogens with one attached hydrogen (secondary N) is 1. The van der Waals surface area contributed by atoms with Crippen LogP contribution in [0.4, 0.5) is 9.59 Å². The van der Waals surface area contributed by atoms with Crippen LogP contribution in [-0.2, 0) is 51.1 Å². The number of ether oxygens (including phenoxy) is 6. The average Bonchev–Trinajstić information content (AvgIpc) is 3.82. The normalized spacial score (nSPS) is 22.5. The maximum atomic E-state index is 13.8. The molecule has 0 aromatic heterocycles. The number of rotatable bonds is 11. The smallest absolute Gasteiger partial charge is 0.411 e. The standard InChI is InChI=1S/C44H55N3O13/c1-23(2)37(45-42(53)56-8)39(50)47-24(3)9-13-32(47)41(52)59-35-14-11-26-17-31-29-12-10-27(16-28(29)21-57-36(31)18-30(26)38(35)49)34(48)22-58-40(51)33-15-25(20-55-7)19-46(33)43(54)60-44(4,5)6/h10,12,16-18,23-25,32-33,35,37H,9,11,13-15,19-22H2,1-8H3,(H,45,53)/t24-,25+,32?,33+,35-,37?/m0/s1. The molecule has 0 bridgehead atoms. The summed E-state index contributed by atoms with van der Waals surface area (Å²) in [5, 5.41) is 2.57. The van der Waals surface area contributed by atoms with Crippen LogP contribution >= 0.6 is 0 Å². The Morgan fingerprint density at radius 3 is 2.35 bits per heavy atom. The van der Waals surface area contributed by atoms with Gasteiger partial charge < -0.3 is 38.6 Å². The number of likely N-dealkylation sites (tertiary alicyclic amines) is 2. The van der Waals surface area contributed by atoms with Crippen molar-refractivity contribution in [3.63, 3.8) is 0 Å². The molecule has 16 nitrogen and oxygen atoms in total. The van der Waals surface area contributed by atoms with E-state index in [0.29, 0.717) is 49.2 Å². The second kappa shape index (κ2) is 18.0. The molecule has 0 spiro atoms. The van der Waals surface area contributed by atoms with E-state index in [1.54, 1.807) is 66.0 Å². The van der Waals surface area contributed by atoms with Crippen molar-refractivity contribution < 1.29 is 62.0 Å². The molecule has 3 aliphatic heterocycles. The van der Waals surface area contributed by atoms with Crippen LogP contribution in [0.25, 0.3) is 11.1 Å². The first-order valence-corrected chi connectivity index (χ1v) is 20.4. The van der Waals surface area contributed by atoms with Crippen LogP contribution in [0.3, 0.4) is 0 Å². The largest absolute Gasteiger partial charge is 0.488 e. The third-order valence-electron chi connectivity index (χ3n) is 11.4. The van der Waals surface area contributed by atoms with Crippen LogP contribution in [0.15, 0.2) is 30.3 Å². The highest BCUT2D eigenvalue weighted by Crippen LogP contribution is 2.42. The number of methoxy groups -OCH3 is 2. The monoisotopic (exact) mass is 833 g/mol. The van der Waals surface area contributed by atoms with Gasteiger partial charge in [0.05, 0.1) is 13.7 Å². The first-order valence-electron chi connectivity index (χ1n) is 20.4. The van der Waals surface area contributed by atoms with Crippen LogP contribution in [0.5, 0.6) is 5.75 Å². The van der Waals surface area contributed by atoms with Crippen molar-refractivity contribution in [1.29, 1.82) is 0 Å². The molecule has 3 amide bonds. The van der Waals surface area contributed by atoms with E-state index < -0.39 is 72.3 Å². The van der Waals surface area contributed by atoms with Gasteiger partial charge in [0, 0.05) is 42.3 Å². The number of hydrogen-bond acceptors (Lipinski definition) is 13. The van der Waals surface area contributed by atoms with E-state index in [9.17, 15) is 33.6 Å². The topological polar surface area (TPSA) is 193 Å². The van der Waals surface area contributed by atoms with E-state index in [0.717, 1.165) is 22.3 Å². The van der Waals surface area contributed by atoms with E-state index in [1.165, 1.54) is 16.9 Å². The van der Waals surface area contributed by atoms with Crippen LogP contribution in [0.1, 0.15) is 99.1 Å². The highest BCUT2D eigenvalue weighted by Gasteiger charge is 2.45. The third-order valence-corrected chi connectivity index (χ3v) is 11.4. The molecule has 60 heavy (non-hydrogen) atoms. The van der Waals surface area contributed by atoms with E-state index in [4.69, 9.17) is 28.4 Å². The van der Waals surface area contributed by atoms with Crippen LogP contribution in [0, 0.1) is 11.8 Å². The summed E-state index contributed by atoms with van der Waals surface area (Å²) in [5.41, 5.74) is 2.98. The van der Waals surface area contributed by atoms with Gasteiger partial charge in [0.2, 0.25) is 11.7 Å². The van der Waals surface area contributed by atoms with Gasteiger partial charge in [0.25, 0.3) is 0 Å². The number of esters is 2. The van der Waals surface area contributed by atoms with E-state index in [1.807, 2.05) is 13.0 Å². The van der Waals surface area contributed by atoms with Crippen LogP contribution in [0.2, 0.25) is 0 Å². The van der Waals surface area contributed by atoms with Crippen molar-refractivity contribution in [1.82, 2.24) is 15.1 Å². The molecule has 2 aromatic rings. The van der Waals surface area contributed by atoms with Crippen molar-refractivity contribution in [2.24, 2.45) is 11.8 Å². The zero-order valence-corrected chi connectivity index (χ0v) is 35.5. The molecule has 2 saturated heterocycles. The summed E-state index contributed by atoms with van der Waals surface area (Å²) in [7, 11) is 2.76. The molecule has 16 heteroatoms. The van der Waals surface area contributed by atoms with E-state index in [-0.39, 0.29) is 43.2 Å². The number of hydrogen-bond donors (Lipinski definition) is 1. The van der Waals surface area contributed by atoms with E-state index in [2.05, 4.69) is 5.32 Å². The van der Waals surface area contributed by atoms with Gasteiger partial charge in [0.1, 0.15) is 36.1 Å². The fourth-order valence-corrected chi connectivity index (χ4v) is 8.41. The maximum Gasteiger partial charge on any atom is 0.411 e. The lowest BCUT2D eigenvalue weighted by molar-refractivity contribution is -0.158. The second-order valence-corrected chi connectivity index (χ2v) is 17.3. The Morgan fingerprint density at radius 2 is 1.67 bits per heavy atom. The predicted molar refractivity (Wildman–Crippen MR) is 214 cm³/mol. The summed E-state index contributed by atoms with van der Waals surface area (Å²) in [4.78, 5) is 95.3. The first-order chi connectivity index (χ1) is 28.4. The fourth-order valence-electron chi connectivity index (χ4n) is 8.41. The van der Waals surface area contributed by atoms with Gasteiger partial charge in [-0.2, -0.15) is 0 Å². The Balaban J connectivity index is 1.10. The number of nitrogens with zero attached hydrogens (tertiary/aromatic N) is 2. The Hall–Kier alpha value is -5.51. The molecule has 4 aliphatic rings. The Kier molecular flexibility index (Phi) is 13.2. The Morgan fingerprint density at radius 1 is 0.917 bits per heavy atom. The molecule has 2 fully saturated rings. The number of alkyl carbamates (subject to hydrolysis) is 1. The number of aryl methyl sites for hydroxylation is 1. The molecule has 0 radical (unpaired) electrons. The van der Waals surface area contributed by atoms with Gasteiger partial charge in [-0.25, -0.2) is 19.2 Å². The van der Waals surface area contributed by atoms with Crippen molar-refractivity contribution in [2.75, 3.05) is 34.0 Å². The molecular formula is C44H55N3O13. The molecule has 6 rings (SSSR count). The fraction of sp³-hybridized carbons (Fsp3) is 0.568. The third kappa shape index (κ3) is 9.43. The maximum absolute atomic E-state index is 13.8. The van der Waals surface area contributed by atoms with Crippen molar-refractivity contribution in [2.45, 2.75) is 116 Å². The van der Waals surface area contributed by atoms with Gasteiger partial charge in [-0.3, -0.25) is 19.3 Å². The quantitative estimate of drug-likeness (QED) is 0.180. The van der Waals surface area contributed by atoms with Crippen molar-refractivity contribution in [3.8, 4) is 16.9 Å². The summed E-state index contributed by atoms with van der Waals surface area (Å²) in [6, 6.07) is 5.65. The minimum Gasteiger partial charge on any atom is -0.488 e. The number of fused-ring (bicyclic) bond motifs is 4. The summed E-state index contributed by atoms with van der Waals surface area (Å²) >= 11 is 0. The Labute approximate surface area is 349 Å². The molecule has 3 heterocycles.